The van der Waals surface area contributed by atoms with Crippen LogP contribution in [-0.4, -0.2) is 18.5 Å². The third-order valence-electron chi connectivity index (χ3n) is 4.91. The molecule has 152 valence electrons. The van der Waals surface area contributed by atoms with Crippen LogP contribution in [0.2, 0.25) is 10.0 Å². The van der Waals surface area contributed by atoms with Gasteiger partial charge in [-0.3, -0.25) is 0 Å². The van der Waals surface area contributed by atoms with Gasteiger partial charge in [0, 0.05) is 17.6 Å². The SMILES string of the molecule is Cc1ccc(CN(C)CCC[C@H](Oc2cc(Cl)ccc2Cl)c2ccccc2)cc1. The quantitative estimate of drug-likeness (QED) is 0.354. The molecular weight excluding hydrogens is 401 g/mol. The molecule has 3 rings (SSSR count). The number of aryl methyl sites for hydroxylation is 1. The first-order chi connectivity index (χ1) is 14.0. The van der Waals surface area contributed by atoms with Crippen LogP contribution in [0.3, 0.4) is 0 Å². The van der Waals surface area contributed by atoms with Crippen molar-refractivity contribution in [2.45, 2.75) is 32.4 Å². The standard InChI is InChI=1S/C25H27Cl2NO/c1-19-10-12-20(13-11-19)18-28(2)16-6-9-24(21-7-4-3-5-8-21)29-25-17-22(26)14-15-23(25)27/h3-5,7-8,10-15,17,24H,6,9,16,18H2,1-2H3/t24-/m0/s1. The number of ether oxygens (including phenoxy) is 1. The predicted molar refractivity (Wildman–Crippen MR) is 123 cm³/mol. The van der Waals surface area contributed by atoms with Gasteiger partial charge in [-0.25, -0.2) is 0 Å². The number of hydrogen-bond donors (Lipinski definition) is 0. The van der Waals surface area contributed by atoms with E-state index >= 15 is 0 Å². The lowest BCUT2D eigenvalue weighted by molar-refractivity contribution is 0.183. The molecule has 0 unspecified atom stereocenters. The van der Waals surface area contributed by atoms with Crippen molar-refractivity contribution >= 4 is 23.2 Å². The molecule has 0 aliphatic heterocycles. The molecule has 0 fully saturated rings. The van der Waals surface area contributed by atoms with Crippen molar-refractivity contribution in [3.8, 4) is 5.75 Å². The highest BCUT2D eigenvalue weighted by Gasteiger charge is 2.16. The summed E-state index contributed by atoms with van der Waals surface area (Å²) in [5, 5.41) is 1.20. The monoisotopic (exact) mass is 427 g/mol. The van der Waals surface area contributed by atoms with Crippen molar-refractivity contribution in [3.05, 3.63) is 99.5 Å². The molecular formula is C25H27Cl2NO. The fourth-order valence-corrected chi connectivity index (χ4v) is 3.64. The summed E-state index contributed by atoms with van der Waals surface area (Å²) in [5.41, 5.74) is 3.77. The van der Waals surface area contributed by atoms with Gasteiger partial charge in [0.15, 0.2) is 0 Å². The third kappa shape index (κ3) is 6.78. The molecule has 0 aromatic heterocycles. The van der Waals surface area contributed by atoms with Crippen LogP contribution in [0.1, 0.15) is 35.6 Å². The highest BCUT2D eigenvalue weighted by molar-refractivity contribution is 6.34. The van der Waals surface area contributed by atoms with Crippen molar-refractivity contribution in [1.29, 1.82) is 0 Å². The Balaban J connectivity index is 1.61. The molecule has 3 aromatic carbocycles. The van der Waals surface area contributed by atoms with E-state index in [2.05, 4.69) is 55.3 Å². The molecule has 0 aliphatic rings. The Labute approximate surface area is 184 Å². The summed E-state index contributed by atoms with van der Waals surface area (Å²) in [6.45, 7) is 4.05. The molecule has 0 radical (unpaired) electrons. The van der Waals surface area contributed by atoms with E-state index in [0.717, 1.165) is 31.5 Å². The molecule has 0 saturated heterocycles. The van der Waals surface area contributed by atoms with Crippen molar-refractivity contribution in [2.75, 3.05) is 13.6 Å². The summed E-state index contributed by atoms with van der Waals surface area (Å²) in [5.74, 6) is 0.626. The summed E-state index contributed by atoms with van der Waals surface area (Å²) >= 11 is 12.5. The van der Waals surface area contributed by atoms with E-state index in [1.807, 2.05) is 18.2 Å². The van der Waals surface area contributed by atoms with Gasteiger partial charge in [-0.2, -0.15) is 0 Å². The average molecular weight is 428 g/mol. The van der Waals surface area contributed by atoms with Crippen LogP contribution in [0.15, 0.2) is 72.8 Å². The largest absolute Gasteiger partial charge is 0.484 e. The number of hydrogen-bond acceptors (Lipinski definition) is 2. The minimum atomic E-state index is -0.0695. The number of halogens is 2. The maximum absolute atomic E-state index is 6.32. The Bertz CT molecular complexity index is 896. The molecule has 2 nitrogen and oxygen atoms in total. The Morgan fingerprint density at radius 2 is 1.66 bits per heavy atom. The first-order valence-electron chi connectivity index (χ1n) is 9.92. The van der Waals surface area contributed by atoms with E-state index in [1.54, 1.807) is 18.2 Å². The van der Waals surface area contributed by atoms with Crippen LogP contribution in [0, 0.1) is 6.92 Å². The molecule has 0 aliphatic carbocycles. The van der Waals surface area contributed by atoms with E-state index in [1.165, 1.54) is 11.1 Å². The van der Waals surface area contributed by atoms with Crippen LogP contribution < -0.4 is 4.74 Å². The summed E-state index contributed by atoms with van der Waals surface area (Å²) in [6, 6.07) is 24.3. The Kier molecular flexibility index (Phi) is 8.00. The van der Waals surface area contributed by atoms with E-state index in [4.69, 9.17) is 27.9 Å². The lowest BCUT2D eigenvalue weighted by atomic mass is 10.0. The summed E-state index contributed by atoms with van der Waals surface area (Å²) < 4.78 is 6.29. The molecule has 0 amide bonds. The second-order valence-electron chi connectivity index (χ2n) is 7.46. The van der Waals surface area contributed by atoms with Gasteiger partial charge >= 0.3 is 0 Å². The summed E-state index contributed by atoms with van der Waals surface area (Å²) in [4.78, 5) is 2.35. The fraction of sp³-hybridized carbons (Fsp3) is 0.280. The Morgan fingerprint density at radius 3 is 2.38 bits per heavy atom. The van der Waals surface area contributed by atoms with Crippen molar-refractivity contribution in [2.24, 2.45) is 0 Å². The van der Waals surface area contributed by atoms with Crippen LogP contribution >= 0.6 is 23.2 Å². The fourth-order valence-electron chi connectivity index (χ4n) is 3.31. The van der Waals surface area contributed by atoms with E-state index in [0.29, 0.717) is 15.8 Å². The highest BCUT2D eigenvalue weighted by atomic mass is 35.5. The lowest BCUT2D eigenvalue weighted by Crippen LogP contribution is -2.20. The van der Waals surface area contributed by atoms with Gasteiger partial charge in [-0.15, -0.1) is 0 Å². The zero-order valence-electron chi connectivity index (χ0n) is 16.9. The zero-order chi connectivity index (χ0) is 20.6. The maximum atomic E-state index is 6.32. The van der Waals surface area contributed by atoms with Gasteiger partial charge in [-0.05, 0) is 56.6 Å². The second kappa shape index (κ2) is 10.7. The lowest BCUT2D eigenvalue weighted by Gasteiger charge is -2.22. The van der Waals surface area contributed by atoms with Crippen LogP contribution in [-0.2, 0) is 6.54 Å². The molecule has 1 atom stereocenters. The van der Waals surface area contributed by atoms with Gasteiger partial charge in [0.2, 0.25) is 0 Å². The smallest absolute Gasteiger partial charge is 0.140 e. The normalized spacial score (nSPS) is 12.2. The minimum absolute atomic E-state index is 0.0695. The van der Waals surface area contributed by atoms with Crippen LogP contribution in [0.4, 0.5) is 0 Å². The van der Waals surface area contributed by atoms with Crippen molar-refractivity contribution in [3.63, 3.8) is 0 Å². The first-order valence-corrected chi connectivity index (χ1v) is 10.7. The molecule has 0 saturated carbocycles. The minimum Gasteiger partial charge on any atom is -0.484 e. The highest BCUT2D eigenvalue weighted by Crippen LogP contribution is 2.33. The van der Waals surface area contributed by atoms with Gasteiger partial charge in [0.1, 0.15) is 11.9 Å². The molecule has 0 N–H and O–H groups in total. The van der Waals surface area contributed by atoms with E-state index in [9.17, 15) is 0 Å². The molecule has 29 heavy (non-hydrogen) atoms. The number of rotatable bonds is 9. The average Bonchev–Trinajstić information content (AvgIpc) is 2.72. The van der Waals surface area contributed by atoms with E-state index in [-0.39, 0.29) is 6.10 Å². The van der Waals surface area contributed by atoms with Gasteiger partial charge in [-0.1, -0.05) is 83.4 Å². The van der Waals surface area contributed by atoms with Gasteiger partial charge in [0.05, 0.1) is 5.02 Å². The maximum Gasteiger partial charge on any atom is 0.140 e. The topological polar surface area (TPSA) is 12.5 Å². The van der Waals surface area contributed by atoms with Crippen LogP contribution in [0.25, 0.3) is 0 Å². The van der Waals surface area contributed by atoms with Crippen LogP contribution in [0.5, 0.6) is 5.75 Å². The molecule has 0 bridgehead atoms. The summed E-state index contributed by atoms with van der Waals surface area (Å²) in [6.07, 6.45) is 1.84. The third-order valence-corrected chi connectivity index (χ3v) is 5.46. The molecule has 0 spiro atoms. The molecule has 3 aromatic rings. The van der Waals surface area contributed by atoms with E-state index < -0.39 is 0 Å². The Hall–Kier alpha value is -2.00. The zero-order valence-corrected chi connectivity index (χ0v) is 18.5. The van der Waals surface area contributed by atoms with Crippen molar-refractivity contribution < 1.29 is 4.74 Å². The Morgan fingerprint density at radius 1 is 0.931 bits per heavy atom. The summed E-state index contributed by atoms with van der Waals surface area (Å²) in [7, 11) is 2.16. The van der Waals surface area contributed by atoms with Gasteiger partial charge < -0.3 is 9.64 Å². The number of benzene rings is 3. The van der Waals surface area contributed by atoms with Gasteiger partial charge in [0.25, 0.3) is 0 Å². The molecule has 0 heterocycles. The van der Waals surface area contributed by atoms with Crippen molar-refractivity contribution in [1.82, 2.24) is 4.90 Å². The first kappa shape index (κ1) is 21.7. The predicted octanol–water partition coefficient (Wildman–Crippen LogP) is 7.33. The molecule has 4 heteroatoms. The number of nitrogens with zero attached hydrogens (tertiary/aromatic N) is 1. The second-order valence-corrected chi connectivity index (χ2v) is 8.30.